The molecule has 5 nitrogen and oxygen atoms in total. The molecule has 0 aliphatic carbocycles. The number of benzene rings is 1. The average molecular weight is 331 g/mol. The molecule has 0 radical (unpaired) electrons. The summed E-state index contributed by atoms with van der Waals surface area (Å²) in [5.41, 5.74) is -0.925. The number of rotatable bonds is 6. The third-order valence-corrected chi connectivity index (χ3v) is 3.01. The Morgan fingerprint density at radius 1 is 1.35 bits per heavy atom. The number of aliphatic hydroxyl groups excluding tert-OH is 1. The van der Waals surface area contributed by atoms with E-state index in [0.717, 1.165) is 31.4 Å². The maximum atomic E-state index is 12.5. The Morgan fingerprint density at radius 3 is 2.35 bits per heavy atom. The Hall–Kier alpha value is -2.35. The van der Waals surface area contributed by atoms with Gasteiger partial charge in [0.2, 0.25) is 0 Å². The lowest BCUT2D eigenvalue weighted by molar-refractivity contribution is -0.146. The predicted octanol–water partition coefficient (Wildman–Crippen LogP) is 1.97. The lowest BCUT2D eigenvalue weighted by atomic mass is 10.1. The van der Waals surface area contributed by atoms with Gasteiger partial charge in [0.25, 0.3) is 5.91 Å². The summed E-state index contributed by atoms with van der Waals surface area (Å²) in [4.78, 5) is 23.4. The number of carbonyl (C=O) groups excluding carboxylic acids is 2. The monoisotopic (exact) mass is 331 g/mol. The van der Waals surface area contributed by atoms with Crippen LogP contribution in [0.1, 0.15) is 23.7 Å². The normalized spacial score (nSPS) is 13.8. The lowest BCUT2D eigenvalue weighted by Crippen LogP contribution is -2.43. The van der Waals surface area contributed by atoms with E-state index in [1.807, 2.05) is 0 Å². The summed E-state index contributed by atoms with van der Waals surface area (Å²) in [6, 6.07) is 2.47. The standard InChI is InChI=1S/C15H16F3NO4/c1-3-4-11(14(22)23-2)19-13(21)12(20)9-5-7-10(8-6-9)15(16,17)18/h3,5-8,11-12,20H,1,4H2,2H3,(H,19,21)/t11-,12+/m1/s1. The molecule has 0 spiro atoms. The van der Waals surface area contributed by atoms with Gasteiger partial charge in [-0.2, -0.15) is 13.2 Å². The van der Waals surface area contributed by atoms with Crippen LogP contribution in [-0.4, -0.2) is 30.1 Å². The Labute approximate surface area is 130 Å². The van der Waals surface area contributed by atoms with Crippen LogP contribution in [0.3, 0.4) is 0 Å². The first-order valence-corrected chi connectivity index (χ1v) is 6.55. The number of ether oxygens (including phenoxy) is 1. The van der Waals surface area contributed by atoms with Gasteiger partial charge in [0.15, 0.2) is 6.10 Å². The molecule has 0 aliphatic rings. The second kappa shape index (κ2) is 7.77. The number of amides is 1. The molecule has 1 rings (SSSR count). The van der Waals surface area contributed by atoms with Gasteiger partial charge < -0.3 is 15.2 Å². The number of alkyl halides is 3. The highest BCUT2D eigenvalue weighted by atomic mass is 19.4. The van der Waals surface area contributed by atoms with E-state index in [1.54, 1.807) is 0 Å². The Kier molecular flexibility index (Phi) is 6.32. The van der Waals surface area contributed by atoms with Gasteiger partial charge in [-0.05, 0) is 24.1 Å². The van der Waals surface area contributed by atoms with Crippen LogP contribution < -0.4 is 5.32 Å². The van der Waals surface area contributed by atoms with Gasteiger partial charge in [-0.15, -0.1) is 6.58 Å². The number of aliphatic hydroxyl groups is 1. The molecule has 1 amide bonds. The minimum atomic E-state index is -4.51. The predicted molar refractivity (Wildman–Crippen MR) is 75.2 cm³/mol. The van der Waals surface area contributed by atoms with Crippen molar-refractivity contribution < 1.29 is 32.6 Å². The summed E-state index contributed by atoms with van der Waals surface area (Å²) in [5, 5.41) is 12.1. The molecule has 0 heterocycles. The molecule has 23 heavy (non-hydrogen) atoms. The number of hydrogen-bond donors (Lipinski definition) is 2. The maximum absolute atomic E-state index is 12.5. The van der Waals surface area contributed by atoms with Crippen molar-refractivity contribution >= 4 is 11.9 Å². The smallest absolute Gasteiger partial charge is 0.416 e. The van der Waals surface area contributed by atoms with E-state index in [-0.39, 0.29) is 12.0 Å². The number of hydrogen-bond acceptors (Lipinski definition) is 4. The topological polar surface area (TPSA) is 75.6 Å². The molecule has 0 aromatic heterocycles. The number of esters is 1. The van der Waals surface area contributed by atoms with E-state index in [9.17, 15) is 27.9 Å². The highest BCUT2D eigenvalue weighted by Crippen LogP contribution is 2.29. The molecular formula is C15H16F3NO4. The number of halogens is 3. The lowest BCUT2D eigenvalue weighted by Gasteiger charge is -2.18. The Morgan fingerprint density at radius 2 is 1.91 bits per heavy atom. The first-order valence-electron chi connectivity index (χ1n) is 6.55. The second-order valence-corrected chi connectivity index (χ2v) is 4.63. The summed E-state index contributed by atoms with van der Waals surface area (Å²) in [6.07, 6.45) is -4.76. The second-order valence-electron chi connectivity index (χ2n) is 4.63. The van der Waals surface area contributed by atoms with Crippen molar-refractivity contribution in [1.82, 2.24) is 5.32 Å². The summed E-state index contributed by atoms with van der Waals surface area (Å²) >= 11 is 0. The van der Waals surface area contributed by atoms with Crippen molar-refractivity contribution in [2.45, 2.75) is 24.7 Å². The zero-order valence-corrected chi connectivity index (χ0v) is 12.3. The zero-order valence-electron chi connectivity index (χ0n) is 12.3. The van der Waals surface area contributed by atoms with Crippen LogP contribution in [0.4, 0.5) is 13.2 Å². The minimum Gasteiger partial charge on any atom is -0.467 e. The molecule has 0 bridgehead atoms. The summed E-state index contributed by atoms with van der Waals surface area (Å²) in [6.45, 7) is 3.43. The van der Waals surface area contributed by atoms with Crippen LogP contribution in [0.15, 0.2) is 36.9 Å². The number of methoxy groups -OCH3 is 1. The van der Waals surface area contributed by atoms with Gasteiger partial charge in [-0.1, -0.05) is 18.2 Å². The van der Waals surface area contributed by atoms with Crippen molar-refractivity contribution in [3.8, 4) is 0 Å². The number of nitrogens with one attached hydrogen (secondary N) is 1. The Balaban J connectivity index is 2.83. The van der Waals surface area contributed by atoms with Crippen LogP contribution in [0, 0.1) is 0 Å². The molecule has 126 valence electrons. The first kappa shape index (κ1) is 18.7. The summed E-state index contributed by atoms with van der Waals surface area (Å²) < 4.78 is 41.9. The molecule has 1 aromatic rings. The van der Waals surface area contributed by atoms with Crippen molar-refractivity contribution in [3.63, 3.8) is 0 Å². The molecule has 2 N–H and O–H groups in total. The van der Waals surface area contributed by atoms with Crippen molar-refractivity contribution in [1.29, 1.82) is 0 Å². The third-order valence-electron chi connectivity index (χ3n) is 3.01. The van der Waals surface area contributed by atoms with Crippen molar-refractivity contribution in [2.75, 3.05) is 7.11 Å². The number of carbonyl (C=O) groups is 2. The molecule has 8 heteroatoms. The molecule has 2 atom stereocenters. The van der Waals surface area contributed by atoms with Gasteiger partial charge in [0.1, 0.15) is 6.04 Å². The highest BCUT2D eigenvalue weighted by Gasteiger charge is 2.31. The molecule has 1 aromatic carbocycles. The largest absolute Gasteiger partial charge is 0.467 e. The summed E-state index contributed by atoms with van der Waals surface area (Å²) in [5.74, 6) is -1.65. The molecular weight excluding hydrogens is 315 g/mol. The minimum absolute atomic E-state index is 0.0299. The van der Waals surface area contributed by atoms with Crippen LogP contribution in [0.25, 0.3) is 0 Å². The van der Waals surface area contributed by atoms with Gasteiger partial charge >= 0.3 is 12.1 Å². The fourth-order valence-electron chi connectivity index (χ4n) is 1.78. The van der Waals surface area contributed by atoms with E-state index in [0.29, 0.717) is 0 Å². The molecule has 0 saturated carbocycles. The quantitative estimate of drug-likeness (QED) is 0.617. The Bertz CT molecular complexity index is 569. The SMILES string of the molecule is C=CC[C@@H](NC(=O)[C@@H](O)c1ccc(C(F)(F)F)cc1)C(=O)OC. The van der Waals surface area contributed by atoms with Gasteiger partial charge in [-0.25, -0.2) is 4.79 Å². The van der Waals surface area contributed by atoms with Gasteiger partial charge in [0, 0.05) is 0 Å². The van der Waals surface area contributed by atoms with Crippen molar-refractivity contribution in [3.05, 3.63) is 48.0 Å². The molecule has 0 unspecified atom stereocenters. The van der Waals surface area contributed by atoms with Crippen LogP contribution in [0.2, 0.25) is 0 Å². The van der Waals surface area contributed by atoms with Crippen LogP contribution >= 0.6 is 0 Å². The first-order chi connectivity index (χ1) is 10.7. The zero-order chi connectivity index (χ0) is 17.6. The van der Waals surface area contributed by atoms with Crippen LogP contribution in [0.5, 0.6) is 0 Å². The van der Waals surface area contributed by atoms with E-state index in [1.165, 1.54) is 6.08 Å². The van der Waals surface area contributed by atoms with E-state index >= 15 is 0 Å². The molecule has 0 aliphatic heterocycles. The van der Waals surface area contributed by atoms with Gasteiger partial charge in [-0.3, -0.25) is 4.79 Å². The van der Waals surface area contributed by atoms with E-state index < -0.39 is 35.8 Å². The van der Waals surface area contributed by atoms with E-state index in [4.69, 9.17) is 0 Å². The molecule has 0 fully saturated rings. The maximum Gasteiger partial charge on any atom is 0.416 e. The van der Waals surface area contributed by atoms with Crippen molar-refractivity contribution in [2.24, 2.45) is 0 Å². The fourth-order valence-corrected chi connectivity index (χ4v) is 1.78. The molecule has 0 saturated heterocycles. The fraction of sp³-hybridized carbons (Fsp3) is 0.333. The van der Waals surface area contributed by atoms with Gasteiger partial charge in [0.05, 0.1) is 12.7 Å². The third kappa shape index (κ3) is 5.10. The van der Waals surface area contributed by atoms with E-state index in [2.05, 4.69) is 16.6 Å². The average Bonchev–Trinajstić information content (AvgIpc) is 2.52. The van der Waals surface area contributed by atoms with Crippen LogP contribution in [-0.2, 0) is 20.5 Å². The summed E-state index contributed by atoms with van der Waals surface area (Å²) in [7, 11) is 1.14. The highest BCUT2D eigenvalue weighted by molar-refractivity contribution is 5.87.